The number of rotatable bonds is 4. The molecule has 3 aromatic carbocycles. The molecule has 2 N–H and O–H groups in total. The molecule has 0 amide bonds. The van der Waals surface area contributed by atoms with E-state index in [-0.39, 0.29) is 5.75 Å². The van der Waals surface area contributed by atoms with Crippen molar-refractivity contribution < 1.29 is 9.84 Å². The number of anilines is 1. The van der Waals surface area contributed by atoms with Crippen molar-refractivity contribution in [2.75, 3.05) is 12.4 Å². The molecule has 3 heteroatoms. The minimum Gasteiger partial charge on any atom is -0.508 e. The number of aromatic hydroxyl groups is 1. The number of phenols is 1. The first-order chi connectivity index (χ1) is 10.2. The van der Waals surface area contributed by atoms with Crippen LogP contribution < -0.4 is 10.1 Å². The molecule has 0 saturated heterocycles. The lowest BCUT2D eigenvalue weighted by Gasteiger charge is -2.08. The topological polar surface area (TPSA) is 41.5 Å². The molecule has 0 radical (unpaired) electrons. The SMILES string of the molecule is COc1ccc2cc(CNc3ccc(O)cc3)ccc2c1. The van der Waals surface area contributed by atoms with Gasteiger partial charge in [-0.05, 0) is 58.8 Å². The highest BCUT2D eigenvalue weighted by molar-refractivity contribution is 5.84. The Labute approximate surface area is 123 Å². The third-order valence-corrected chi connectivity index (χ3v) is 3.48. The van der Waals surface area contributed by atoms with Gasteiger partial charge in [-0.2, -0.15) is 0 Å². The van der Waals surface area contributed by atoms with Gasteiger partial charge in [0.25, 0.3) is 0 Å². The monoisotopic (exact) mass is 279 g/mol. The van der Waals surface area contributed by atoms with Crippen LogP contribution in [0.15, 0.2) is 60.7 Å². The molecular weight excluding hydrogens is 262 g/mol. The second kappa shape index (κ2) is 5.75. The third kappa shape index (κ3) is 3.08. The zero-order valence-corrected chi connectivity index (χ0v) is 11.8. The molecule has 0 aliphatic heterocycles. The Bertz CT molecular complexity index is 751. The van der Waals surface area contributed by atoms with Crippen molar-refractivity contribution in [1.29, 1.82) is 0 Å². The van der Waals surface area contributed by atoms with E-state index in [2.05, 4.69) is 29.6 Å². The number of ether oxygens (including phenoxy) is 1. The van der Waals surface area contributed by atoms with E-state index in [9.17, 15) is 5.11 Å². The molecule has 0 unspecified atom stereocenters. The first-order valence-corrected chi connectivity index (χ1v) is 6.84. The molecule has 0 saturated carbocycles. The lowest BCUT2D eigenvalue weighted by atomic mass is 10.1. The summed E-state index contributed by atoms with van der Waals surface area (Å²) in [5.41, 5.74) is 2.20. The van der Waals surface area contributed by atoms with Gasteiger partial charge >= 0.3 is 0 Å². The first-order valence-electron chi connectivity index (χ1n) is 6.84. The predicted molar refractivity (Wildman–Crippen MR) is 85.9 cm³/mol. The van der Waals surface area contributed by atoms with Crippen molar-refractivity contribution in [3.8, 4) is 11.5 Å². The average molecular weight is 279 g/mol. The molecular formula is C18H17NO2. The molecule has 0 heterocycles. The van der Waals surface area contributed by atoms with Gasteiger partial charge in [0.05, 0.1) is 7.11 Å². The van der Waals surface area contributed by atoms with E-state index >= 15 is 0 Å². The van der Waals surface area contributed by atoms with Crippen molar-refractivity contribution >= 4 is 16.5 Å². The Kier molecular flexibility index (Phi) is 3.65. The molecule has 0 aliphatic carbocycles. The molecule has 106 valence electrons. The highest BCUT2D eigenvalue weighted by atomic mass is 16.5. The van der Waals surface area contributed by atoms with Gasteiger partial charge in [-0.3, -0.25) is 0 Å². The fraction of sp³-hybridized carbons (Fsp3) is 0.111. The summed E-state index contributed by atoms with van der Waals surface area (Å²) in [4.78, 5) is 0. The largest absolute Gasteiger partial charge is 0.508 e. The smallest absolute Gasteiger partial charge is 0.119 e. The Morgan fingerprint density at radius 2 is 1.62 bits per heavy atom. The summed E-state index contributed by atoms with van der Waals surface area (Å²) in [7, 11) is 1.68. The number of hydrogen-bond acceptors (Lipinski definition) is 3. The fourth-order valence-corrected chi connectivity index (χ4v) is 2.29. The van der Waals surface area contributed by atoms with Crippen LogP contribution in [0.3, 0.4) is 0 Å². The summed E-state index contributed by atoms with van der Waals surface area (Å²) in [6.45, 7) is 0.743. The molecule has 0 bridgehead atoms. The van der Waals surface area contributed by atoms with Gasteiger partial charge in [0.15, 0.2) is 0 Å². The van der Waals surface area contributed by atoms with Gasteiger partial charge in [-0.25, -0.2) is 0 Å². The van der Waals surface area contributed by atoms with E-state index in [1.807, 2.05) is 24.3 Å². The maximum absolute atomic E-state index is 9.27. The number of nitrogens with one attached hydrogen (secondary N) is 1. The molecule has 0 aliphatic rings. The summed E-state index contributed by atoms with van der Waals surface area (Å²) in [6, 6.07) is 19.5. The summed E-state index contributed by atoms with van der Waals surface area (Å²) >= 11 is 0. The van der Waals surface area contributed by atoms with Crippen molar-refractivity contribution in [2.45, 2.75) is 6.54 Å². The van der Waals surface area contributed by atoms with Crippen LogP contribution in [0.4, 0.5) is 5.69 Å². The van der Waals surface area contributed by atoms with Crippen molar-refractivity contribution in [3.05, 3.63) is 66.2 Å². The lowest BCUT2D eigenvalue weighted by Crippen LogP contribution is -1.98. The fourth-order valence-electron chi connectivity index (χ4n) is 2.29. The minimum absolute atomic E-state index is 0.278. The lowest BCUT2D eigenvalue weighted by molar-refractivity contribution is 0.415. The third-order valence-electron chi connectivity index (χ3n) is 3.48. The summed E-state index contributed by atoms with van der Waals surface area (Å²) < 4.78 is 5.23. The Morgan fingerprint density at radius 3 is 2.38 bits per heavy atom. The molecule has 0 spiro atoms. The van der Waals surface area contributed by atoms with E-state index < -0.39 is 0 Å². The highest BCUT2D eigenvalue weighted by Gasteiger charge is 1.99. The number of hydrogen-bond donors (Lipinski definition) is 2. The Morgan fingerprint density at radius 1 is 0.905 bits per heavy atom. The summed E-state index contributed by atoms with van der Waals surface area (Å²) in [5, 5.41) is 15.0. The van der Waals surface area contributed by atoms with E-state index in [1.165, 1.54) is 16.3 Å². The molecule has 0 atom stereocenters. The van der Waals surface area contributed by atoms with Crippen LogP contribution in [0.25, 0.3) is 10.8 Å². The van der Waals surface area contributed by atoms with Crippen molar-refractivity contribution in [1.82, 2.24) is 0 Å². The zero-order valence-electron chi connectivity index (χ0n) is 11.8. The standard InChI is InChI=1S/C18H17NO2/c1-21-18-9-4-14-10-13(2-3-15(14)11-18)12-19-16-5-7-17(20)8-6-16/h2-11,19-20H,12H2,1H3. The van der Waals surface area contributed by atoms with Crippen LogP contribution in [-0.2, 0) is 6.54 Å². The van der Waals surface area contributed by atoms with Gasteiger partial charge in [0.2, 0.25) is 0 Å². The van der Waals surface area contributed by atoms with Crippen LogP contribution in [0, 0.1) is 0 Å². The maximum atomic E-state index is 9.27. The van der Waals surface area contributed by atoms with Crippen LogP contribution in [0.5, 0.6) is 11.5 Å². The first kappa shape index (κ1) is 13.3. The van der Waals surface area contributed by atoms with E-state index in [0.717, 1.165) is 18.0 Å². The molecule has 3 aromatic rings. The van der Waals surface area contributed by atoms with Crippen molar-refractivity contribution in [3.63, 3.8) is 0 Å². The summed E-state index contributed by atoms with van der Waals surface area (Å²) in [5.74, 6) is 1.15. The van der Waals surface area contributed by atoms with Gasteiger partial charge in [0, 0.05) is 12.2 Å². The molecule has 0 aromatic heterocycles. The van der Waals surface area contributed by atoms with Crippen LogP contribution in [-0.4, -0.2) is 12.2 Å². The molecule has 3 rings (SSSR count). The summed E-state index contributed by atoms with van der Waals surface area (Å²) in [6.07, 6.45) is 0. The molecule has 0 fully saturated rings. The average Bonchev–Trinajstić information content (AvgIpc) is 2.53. The van der Waals surface area contributed by atoms with Gasteiger partial charge in [-0.1, -0.05) is 18.2 Å². The quantitative estimate of drug-likeness (QED) is 0.704. The maximum Gasteiger partial charge on any atom is 0.119 e. The van der Waals surface area contributed by atoms with Gasteiger partial charge < -0.3 is 15.2 Å². The molecule has 3 nitrogen and oxygen atoms in total. The second-order valence-electron chi connectivity index (χ2n) is 4.95. The minimum atomic E-state index is 0.278. The number of benzene rings is 3. The van der Waals surface area contributed by atoms with Gasteiger partial charge in [-0.15, -0.1) is 0 Å². The number of methoxy groups -OCH3 is 1. The van der Waals surface area contributed by atoms with Gasteiger partial charge in [0.1, 0.15) is 11.5 Å². The molecule has 21 heavy (non-hydrogen) atoms. The van der Waals surface area contributed by atoms with Crippen molar-refractivity contribution in [2.24, 2.45) is 0 Å². The number of fused-ring (bicyclic) bond motifs is 1. The van der Waals surface area contributed by atoms with E-state index in [1.54, 1.807) is 19.2 Å². The Balaban J connectivity index is 1.76. The zero-order chi connectivity index (χ0) is 14.7. The predicted octanol–water partition coefficient (Wildman–Crippen LogP) is 4.17. The highest BCUT2D eigenvalue weighted by Crippen LogP contribution is 2.22. The number of phenolic OH excluding ortho intramolecular Hbond substituents is 1. The van der Waals surface area contributed by atoms with Crippen LogP contribution in [0.1, 0.15) is 5.56 Å². The Hall–Kier alpha value is -2.68. The second-order valence-corrected chi connectivity index (χ2v) is 4.95. The van der Waals surface area contributed by atoms with E-state index in [0.29, 0.717) is 0 Å². The van der Waals surface area contributed by atoms with Crippen LogP contribution in [0.2, 0.25) is 0 Å². The normalized spacial score (nSPS) is 10.5. The van der Waals surface area contributed by atoms with Crippen LogP contribution >= 0.6 is 0 Å². The van der Waals surface area contributed by atoms with E-state index in [4.69, 9.17) is 4.74 Å².